The first kappa shape index (κ1) is 19.2. The largest absolute Gasteiger partial charge is 0.275 e. The Morgan fingerprint density at radius 3 is 2.21 bits per heavy atom. The van der Waals surface area contributed by atoms with Crippen LogP contribution in [0.5, 0.6) is 0 Å². The lowest BCUT2D eigenvalue weighted by molar-refractivity contribution is 0.628. The average Bonchev–Trinajstić information content (AvgIpc) is 2.76. The predicted octanol–water partition coefficient (Wildman–Crippen LogP) is 5.49. The number of rotatable bonds is 5. The van der Waals surface area contributed by atoms with Gasteiger partial charge in [0, 0.05) is 10.5 Å². The Morgan fingerprint density at radius 1 is 0.897 bits per heavy atom. The first-order chi connectivity index (χ1) is 14.2. The maximum Gasteiger partial charge on any atom is 0.275 e. The fraction of sp³-hybridized carbons (Fsp3) is 0.0833. The summed E-state index contributed by atoms with van der Waals surface area (Å²) in [6.45, 7) is 0.388. The van der Waals surface area contributed by atoms with Crippen LogP contribution < -0.4 is 5.56 Å². The molecule has 1 heterocycles. The van der Waals surface area contributed by atoms with Crippen LogP contribution in [-0.4, -0.2) is 16.0 Å². The molecule has 0 saturated carbocycles. The molecule has 3 aromatic carbocycles. The monoisotopic (exact) mass is 402 g/mol. The van der Waals surface area contributed by atoms with Crippen molar-refractivity contribution in [2.24, 2.45) is 0 Å². The quantitative estimate of drug-likeness (QED) is 0.414. The second-order valence-corrected chi connectivity index (χ2v) is 7.50. The Morgan fingerprint density at radius 2 is 1.55 bits per heavy atom. The molecule has 0 bridgehead atoms. The van der Waals surface area contributed by atoms with E-state index < -0.39 is 0 Å². The standard InChI is InChI=1S/C24H19FN2OS/c1-29-21-13-9-19(10-14-21)23-22(18-7-11-20(25)12-8-18)15-26-27(24(23)28)16-17-5-3-2-4-6-17/h2-15H,16H2,1H3. The lowest BCUT2D eigenvalue weighted by Gasteiger charge is -2.13. The summed E-state index contributed by atoms with van der Waals surface area (Å²) in [5, 5.41) is 4.40. The van der Waals surface area contributed by atoms with E-state index in [2.05, 4.69) is 5.10 Å². The Balaban J connectivity index is 1.87. The molecule has 0 amide bonds. The molecule has 5 heteroatoms. The molecular weight excluding hydrogens is 383 g/mol. The molecular formula is C24H19FN2OS. The van der Waals surface area contributed by atoms with Gasteiger partial charge in [-0.2, -0.15) is 5.10 Å². The summed E-state index contributed by atoms with van der Waals surface area (Å²) in [5.41, 5.74) is 3.66. The van der Waals surface area contributed by atoms with Gasteiger partial charge in [0.05, 0.1) is 18.3 Å². The summed E-state index contributed by atoms with van der Waals surface area (Å²) in [4.78, 5) is 14.5. The van der Waals surface area contributed by atoms with Crippen molar-refractivity contribution in [2.75, 3.05) is 6.26 Å². The Bertz CT molecular complexity index is 1170. The van der Waals surface area contributed by atoms with Gasteiger partial charge in [-0.15, -0.1) is 11.8 Å². The van der Waals surface area contributed by atoms with Crippen molar-refractivity contribution >= 4 is 11.8 Å². The van der Waals surface area contributed by atoms with E-state index in [4.69, 9.17) is 0 Å². The van der Waals surface area contributed by atoms with E-state index in [0.29, 0.717) is 17.7 Å². The van der Waals surface area contributed by atoms with Crippen molar-refractivity contribution in [1.82, 2.24) is 9.78 Å². The molecule has 0 radical (unpaired) electrons. The highest BCUT2D eigenvalue weighted by Crippen LogP contribution is 2.30. The van der Waals surface area contributed by atoms with Crippen LogP contribution >= 0.6 is 11.8 Å². The zero-order valence-electron chi connectivity index (χ0n) is 15.9. The van der Waals surface area contributed by atoms with Crippen LogP contribution in [0.3, 0.4) is 0 Å². The molecule has 0 fully saturated rings. The summed E-state index contributed by atoms with van der Waals surface area (Å²) in [6, 6.07) is 23.8. The number of thioether (sulfide) groups is 1. The molecule has 29 heavy (non-hydrogen) atoms. The number of aromatic nitrogens is 2. The molecule has 0 spiro atoms. The van der Waals surface area contributed by atoms with Crippen molar-refractivity contribution in [3.05, 3.63) is 107 Å². The van der Waals surface area contributed by atoms with E-state index >= 15 is 0 Å². The molecule has 0 saturated heterocycles. The number of nitrogens with zero attached hydrogens (tertiary/aromatic N) is 2. The van der Waals surface area contributed by atoms with Gasteiger partial charge >= 0.3 is 0 Å². The summed E-state index contributed by atoms with van der Waals surface area (Å²) in [6.07, 6.45) is 3.70. The van der Waals surface area contributed by atoms with Crippen LogP contribution in [0.2, 0.25) is 0 Å². The normalized spacial score (nSPS) is 10.8. The number of benzene rings is 3. The minimum atomic E-state index is -0.315. The fourth-order valence-corrected chi connectivity index (χ4v) is 3.65. The van der Waals surface area contributed by atoms with Gasteiger partial charge in [0.25, 0.3) is 5.56 Å². The minimum Gasteiger partial charge on any atom is -0.267 e. The predicted molar refractivity (Wildman–Crippen MR) is 117 cm³/mol. The molecule has 0 aliphatic carbocycles. The summed E-state index contributed by atoms with van der Waals surface area (Å²) in [7, 11) is 0. The van der Waals surface area contributed by atoms with E-state index in [1.165, 1.54) is 16.8 Å². The minimum absolute atomic E-state index is 0.174. The summed E-state index contributed by atoms with van der Waals surface area (Å²) in [5.74, 6) is -0.315. The van der Waals surface area contributed by atoms with Crippen LogP contribution in [0.1, 0.15) is 5.56 Å². The molecule has 4 rings (SSSR count). The van der Waals surface area contributed by atoms with E-state index in [0.717, 1.165) is 21.6 Å². The zero-order valence-corrected chi connectivity index (χ0v) is 16.7. The van der Waals surface area contributed by atoms with Crippen molar-refractivity contribution in [3.63, 3.8) is 0 Å². The van der Waals surface area contributed by atoms with E-state index in [9.17, 15) is 9.18 Å². The van der Waals surface area contributed by atoms with Gasteiger partial charge < -0.3 is 0 Å². The molecule has 1 aromatic heterocycles. The lowest BCUT2D eigenvalue weighted by atomic mass is 9.97. The highest BCUT2D eigenvalue weighted by Gasteiger charge is 2.15. The van der Waals surface area contributed by atoms with Gasteiger partial charge in [0.2, 0.25) is 0 Å². The van der Waals surface area contributed by atoms with Gasteiger partial charge in [-0.1, -0.05) is 54.6 Å². The van der Waals surface area contributed by atoms with Crippen molar-refractivity contribution < 1.29 is 4.39 Å². The van der Waals surface area contributed by atoms with Gasteiger partial charge in [-0.25, -0.2) is 9.07 Å². The molecule has 3 nitrogen and oxygen atoms in total. The van der Waals surface area contributed by atoms with E-state index in [1.807, 2.05) is 60.9 Å². The first-order valence-electron chi connectivity index (χ1n) is 9.20. The van der Waals surface area contributed by atoms with Crippen LogP contribution in [0.25, 0.3) is 22.3 Å². The van der Waals surface area contributed by atoms with Gasteiger partial charge in [-0.05, 0) is 47.2 Å². The van der Waals surface area contributed by atoms with Crippen molar-refractivity contribution in [3.8, 4) is 22.3 Å². The number of halogens is 1. The van der Waals surface area contributed by atoms with Gasteiger partial charge in [-0.3, -0.25) is 4.79 Å². The first-order valence-corrected chi connectivity index (χ1v) is 10.4. The highest BCUT2D eigenvalue weighted by atomic mass is 32.2. The van der Waals surface area contributed by atoms with Crippen LogP contribution in [0.4, 0.5) is 4.39 Å². The summed E-state index contributed by atoms with van der Waals surface area (Å²) < 4.78 is 14.9. The fourth-order valence-electron chi connectivity index (χ4n) is 3.24. The highest BCUT2D eigenvalue weighted by molar-refractivity contribution is 7.98. The molecule has 0 N–H and O–H groups in total. The molecule has 0 unspecified atom stereocenters. The SMILES string of the molecule is CSc1ccc(-c2c(-c3ccc(F)cc3)cnn(Cc3ccccc3)c2=O)cc1. The lowest BCUT2D eigenvalue weighted by Crippen LogP contribution is -2.25. The van der Waals surface area contributed by atoms with Crippen LogP contribution in [0.15, 0.2) is 94.7 Å². The topological polar surface area (TPSA) is 34.9 Å². The summed E-state index contributed by atoms with van der Waals surface area (Å²) >= 11 is 1.65. The van der Waals surface area contributed by atoms with Gasteiger partial charge in [0.15, 0.2) is 0 Å². The maximum atomic E-state index is 13.4. The molecule has 4 aromatic rings. The Kier molecular flexibility index (Phi) is 5.58. The Hall–Kier alpha value is -3.18. The zero-order chi connectivity index (χ0) is 20.2. The van der Waals surface area contributed by atoms with Crippen molar-refractivity contribution in [1.29, 1.82) is 0 Å². The molecule has 0 aliphatic heterocycles. The third-order valence-corrected chi connectivity index (χ3v) is 5.50. The average molecular weight is 402 g/mol. The molecule has 0 atom stereocenters. The van der Waals surface area contributed by atoms with Gasteiger partial charge in [0.1, 0.15) is 5.82 Å². The second-order valence-electron chi connectivity index (χ2n) is 6.62. The number of hydrogen-bond donors (Lipinski definition) is 0. The van der Waals surface area contributed by atoms with E-state index in [1.54, 1.807) is 30.1 Å². The second kappa shape index (κ2) is 8.45. The van der Waals surface area contributed by atoms with Crippen LogP contribution in [-0.2, 0) is 6.54 Å². The Labute approximate surface area is 172 Å². The third kappa shape index (κ3) is 4.15. The molecule has 144 valence electrons. The van der Waals surface area contributed by atoms with E-state index in [-0.39, 0.29) is 11.4 Å². The maximum absolute atomic E-state index is 13.4. The smallest absolute Gasteiger partial charge is 0.267 e. The number of hydrogen-bond acceptors (Lipinski definition) is 3. The van der Waals surface area contributed by atoms with Crippen molar-refractivity contribution in [2.45, 2.75) is 11.4 Å². The third-order valence-electron chi connectivity index (χ3n) is 4.75. The van der Waals surface area contributed by atoms with Crippen LogP contribution in [0, 0.1) is 5.82 Å². The molecule has 0 aliphatic rings.